The maximum absolute atomic E-state index is 2.30. The summed E-state index contributed by atoms with van der Waals surface area (Å²) in [4.78, 5) is 0. The zero-order valence-corrected chi connectivity index (χ0v) is 10.2. The minimum Gasteiger partial charge on any atom is -0.122 e. The minimum atomic E-state index is 0. The standard InChI is InChI=1S/C8H19P.Se/c1-7(2)5-9-6-8(3)4;/h7-9H,5-6H2,1-4H3;. The van der Waals surface area contributed by atoms with Crippen LogP contribution in [0.1, 0.15) is 27.7 Å². The van der Waals surface area contributed by atoms with Gasteiger partial charge in [-0.15, -0.1) is 8.58 Å². The first-order chi connectivity index (χ1) is 4.13. The number of hydrogen-bond acceptors (Lipinski definition) is 0. The molecule has 0 unspecified atom stereocenters. The summed E-state index contributed by atoms with van der Waals surface area (Å²) in [6.07, 6.45) is 2.86. The van der Waals surface area contributed by atoms with E-state index in [4.69, 9.17) is 0 Å². The van der Waals surface area contributed by atoms with Crippen molar-refractivity contribution in [3.63, 3.8) is 0 Å². The third-order valence-electron chi connectivity index (χ3n) is 1.11. The van der Waals surface area contributed by atoms with Crippen molar-refractivity contribution in [2.24, 2.45) is 11.8 Å². The molecular weight excluding hydrogens is 206 g/mol. The molecule has 0 aliphatic rings. The van der Waals surface area contributed by atoms with Crippen molar-refractivity contribution in [3.05, 3.63) is 0 Å². The summed E-state index contributed by atoms with van der Waals surface area (Å²) in [6, 6.07) is 0. The molecule has 10 heavy (non-hydrogen) atoms. The van der Waals surface area contributed by atoms with Crippen molar-refractivity contribution >= 4 is 25.6 Å². The Labute approximate surface area is 77.8 Å². The van der Waals surface area contributed by atoms with E-state index in [1.165, 1.54) is 20.9 Å². The number of hydrogen-bond donors (Lipinski definition) is 0. The van der Waals surface area contributed by atoms with E-state index < -0.39 is 0 Å². The summed E-state index contributed by atoms with van der Waals surface area (Å²) >= 11 is 0. The SMILES string of the molecule is CC(C)CPCC(C)C.[Se]. The van der Waals surface area contributed by atoms with E-state index >= 15 is 0 Å². The van der Waals surface area contributed by atoms with Crippen molar-refractivity contribution in [2.75, 3.05) is 12.3 Å². The van der Waals surface area contributed by atoms with Crippen molar-refractivity contribution in [3.8, 4) is 0 Å². The first kappa shape index (κ1) is 13.5. The zero-order chi connectivity index (χ0) is 7.28. The van der Waals surface area contributed by atoms with Crippen LogP contribution in [0.15, 0.2) is 0 Å². The Hall–Kier alpha value is 0.949. The van der Waals surface area contributed by atoms with Crippen LogP contribution in [0.3, 0.4) is 0 Å². The Morgan fingerprint density at radius 1 is 0.900 bits per heavy atom. The van der Waals surface area contributed by atoms with Crippen LogP contribution < -0.4 is 0 Å². The molecule has 0 nitrogen and oxygen atoms in total. The van der Waals surface area contributed by atoms with Gasteiger partial charge in [0.2, 0.25) is 0 Å². The van der Waals surface area contributed by atoms with Gasteiger partial charge in [-0.1, -0.05) is 27.7 Å². The van der Waals surface area contributed by atoms with Gasteiger partial charge in [-0.25, -0.2) is 0 Å². The summed E-state index contributed by atoms with van der Waals surface area (Å²) in [5.74, 6) is 1.81. The second-order valence-corrected chi connectivity index (χ2v) is 4.76. The fourth-order valence-electron chi connectivity index (χ4n) is 0.661. The van der Waals surface area contributed by atoms with E-state index in [0.29, 0.717) is 0 Å². The summed E-state index contributed by atoms with van der Waals surface area (Å²) in [7, 11) is 1.19. The molecule has 0 fully saturated rings. The van der Waals surface area contributed by atoms with E-state index in [9.17, 15) is 0 Å². The largest absolute Gasteiger partial charge is 0.122 e. The van der Waals surface area contributed by atoms with Gasteiger partial charge < -0.3 is 0 Å². The predicted octanol–water partition coefficient (Wildman–Crippen LogP) is 2.60. The van der Waals surface area contributed by atoms with Gasteiger partial charge in [0, 0.05) is 17.1 Å². The molecule has 0 atom stereocenters. The zero-order valence-electron chi connectivity index (χ0n) is 7.48. The first-order valence-corrected chi connectivity index (χ1v) is 5.25. The molecule has 0 aliphatic carbocycles. The molecule has 62 valence electrons. The molecule has 0 aromatic carbocycles. The summed E-state index contributed by atoms with van der Waals surface area (Å²) < 4.78 is 0. The number of rotatable bonds is 4. The van der Waals surface area contributed by atoms with Crippen molar-refractivity contribution in [1.29, 1.82) is 0 Å². The topological polar surface area (TPSA) is 0 Å². The Morgan fingerprint density at radius 2 is 1.20 bits per heavy atom. The predicted molar refractivity (Wildman–Crippen MR) is 53.5 cm³/mol. The monoisotopic (exact) mass is 226 g/mol. The van der Waals surface area contributed by atoms with Crippen LogP contribution in [-0.2, 0) is 0 Å². The van der Waals surface area contributed by atoms with Crippen LogP contribution in [0.4, 0.5) is 0 Å². The average Bonchev–Trinajstić information content (AvgIpc) is 1.63. The Kier molecular flexibility index (Phi) is 10.9. The second kappa shape index (κ2) is 8.05. The molecule has 0 rings (SSSR count). The maximum atomic E-state index is 2.30. The van der Waals surface area contributed by atoms with Gasteiger partial charge >= 0.3 is 0 Å². The molecule has 0 aromatic rings. The Bertz CT molecular complexity index is 54.3. The van der Waals surface area contributed by atoms with Gasteiger partial charge in [0.25, 0.3) is 0 Å². The molecule has 0 saturated carbocycles. The van der Waals surface area contributed by atoms with Gasteiger partial charge in [-0.3, -0.25) is 0 Å². The van der Waals surface area contributed by atoms with Crippen LogP contribution in [0, 0.1) is 11.8 Å². The van der Waals surface area contributed by atoms with Gasteiger partial charge in [0.15, 0.2) is 0 Å². The Morgan fingerprint density at radius 3 is 1.40 bits per heavy atom. The van der Waals surface area contributed by atoms with Crippen molar-refractivity contribution < 1.29 is 0 Å². The third-order valence-corrected chi connectivity index (χ3v) is 3.32. The molecule has 0 aliphatic heterocycles. The molecule has 0 heterocycles. The van der Waals surface area contributed by atoms with Crippen LogP contribution in [0.25, 0.3) is 0 Å². The van der Waals surface area contributed by atoms with Gasteiger partial charge in [-0.2, -0.15) is 0 Å². The Balaban J connectivity index is 0. The normalized spacial score (nSPS) is 10.2. The van der Waals surface area contributed by atoms with E-state index in [-0.39, 0.29) is 17.1 Å². The van der Waals surface area contributed by atoms with Crippen LogP contribution in [0.2, 0.25) is 0 Å². The minimum absolute atomic E-state index is 0. The maximum Gasteiger partial charge on any atom is 0 e. The van der Waals surface area contributed by atoms with Crippen LogP contribution >= 0.6 is 8.58 Å². The summed E-state index contributed by atoms with van der Waals surface area (Å²) in [5.41, 5.74) is 0. The molecular formula is C8H19PSe. The molecule has 2 heteroatoms. The third kappa shape index (κ3) is 11.7. The van der Waals surface area contributed by atoms with E-state index in [1.54, 1.807) is 0 Å². The van der Waals surface area contributed by atoms with Gasteiger partial charge in [0.1, 0.15) is 0 Å². The van der Waals surface area contributed by atoms with E-state index in [1.807, 2.05) is 0 Å². The molecule has 0 bridgehead atoms. The van der Waals surface area contributed by atoms with E-state index in [2.05, 4.69) is 27.7 Å². The van der Waals surface area contributed by atoms with Crippen LogP contribution in [0.5, 0.6) is 0 Å². The van der Waals surface area contributed by atoms with Gasteiger partial charge in [-0.05, 0) is 24.2 Å². The van der Waals surface area contributed by atoms with Crippen LogP contribution in [-0.4, -0.2) is 29.4 Å². The fraction of sp³-hybridized carbons (Fsp3) is 1.00. The fourth-order valence-corrected chi connectivity index (χ4v) is 1.98. The molecule has 0 aromatic heterocycles. The molecule has 0 N–H and O–H groups in total. The second-order valence-electron chi connectivity index (χ2n) is 3.45. The smallest absolute Gasteiger partial charge is 0 e. The van der Waals surface area contributed by atoms with Crippen molar-refractivity contribution in [2.45, 2.75) is 27.7 Å². The molecule has 0 amide bonds. The summed E-state index contributed by atoms with van der Waals surface area (Å²) in [5, 5.41) is 0. The quantitative estimate of drug-likeness (QED) is 0.509. The molecule has 2 radical (unpaired) electrons. The summed E-state index contributed by atoms with van der Waals surface area (Å²) in [6.45, 7) is 9.20. The van der Waals surface area contributed by atoms with Crippen molar-refractivity contribution in [1.82, 2.24) is 0 Å². The molecule has 0 spiro atoms. The molecule has 0 saturated heterocycles. The average molecular weight is 225 g/mol. The van der Waals surface area contributed by atoms with E-state index in [0.717, 1.165) is 11.8 Å². The first-order valence-electron chi connectivity index (χ1n) is 3.83. The van der Waals surface area contributed by atoms with Gasteiger partial charge in [0.05, 0.1) is 0 Å².